The van der Waals surface area contributed by atoms with Crippen LogP contribution in [-0.2, 0) is 4.79 Å². The number of carbonyl (C=O) groups is 2. The highest BCUT2D eigenvalue weighted by Crippen LogP contribution is 2.19. The van der Waals surface area contributed by atoms with E-state index in [2.05, 4.69) is 15.6 Å². The number of hydrogen-bond acceptors (Lipinski definition) is 5. The van der Waals surface area contributed by atoms with Crippen molar-refractivity contribution in [2.24, 2.45) is 0 Å². The van der Waals surface area contributed by atoms with Crippen molar-refractivity contribution in [1.29, 1.82) is 0 Å². The molecule has 0 aliphatic rings. The lowest BCUT2D eigenvalue weighted by molar-refractivity contribution is -0.115. The van der Waals surface area contributed by atoms with Crippen molar-refractivity contribution in [1.82, 2.24) is 14.9 Å². The number of aromatic nitrogens is 2. The molecule has 166 valence electrons. The Bertz CT molecular complexity index is 1380. The van der Waals surface area contributed by atoms with Crippen LogP contribution in [0.4, 0.5) is 5.69 Å². The monoisotopic (exact) mass is 442 g/mol. The molecule has 4 aromatic rings. The van der Waals surface area contributed by atoms with E-state index in [1.807, 2.05) is 6.07 Å². The van der Waals surface area contributed by atoms with Gasteiger partial charge >= 0.3 is 0 Å². The Morgan fingerprint density at radius 3 is 2.42 bits per heavy atom. The highest BCUT2D eigenvalue weighted by Gasteiger charge is 2.12. The molecule has 0 atom stereocenters. The van der Waals surface area contributed by atoms with E-state index in [9.17, 15) is 14.4 Å². The number of carbonyl (C=O) groups excluding carboxylic acids is 2. The van der Waals surface area contributed by atoms with Crippen LogP contribution >= 0.6 is 0 Å². The number of hydrogen-bond donors (Lipinski definition) is 2. The van der Waals surface area contributed by atoms with Crippen molar-refractivity contribution < 1.29 is 14.3 Å². The Kier molecular flexibility index (Phi) is 6.17. The number of methoxy groups -OCH3 is 1. The van der Waals surface area contributed by atoms with Gasteiger partial charge in [-0.25, -0.2) is 4.98 Å². The lowest BCUT2D eigenvalue weighted by Crippen LogP contribution is -2.32. The molecule has 0 fully saturated rings. The van der Waals surface area contributed by atoms with E-state index in [0.717, 1.165) is 0 Å². The summed E-state index contributed by atoms with van der Waals surface area (Å²) in [4.78, 5) is 42.2. The van der Waals surface area contributed by atoms with E-state index in [1.54, 1.807) is 80.8 Å². The minimum absolute atomic E-state index is 0.200. The van der Waals surface area contributed by atoms with Crippen LogP contribution < -0.4 is 20.9 Å². The van der Waals surface area contributed by atoms with Crippen molar-refractivity contribution in [2.75, 3.05) is 19.0 Å². The Hall–Kier alpha value is -4.46. The number of rotatable bonds is 6. The minimum atomic E-state index is -0.408. The van der Waals surface area contributed by atoms with Gasteiger partial charge in [0.1, 0.15) is 11.6 Å². The first-order chi connectivity index (χ1) is 16.0. The lowest BCUT2D eigenvalue weighted by Gasteiger charge is -2.12. The highest BCUT2D eigenvalue weighted by atomic mass is 16.5. The van der Waals surface area contributed by atoms with Crippen molar-refractivity contribution >= 4 is 28.4 Å². The van der Waals surface area contributed by atoms with Gasteiger partial charge in [0, 0.05) is 11.3 Å². The molecule has 4 rings (SSSR count). The van der Waals surface area contributed by atoms with Crippen LogP contribution in [0.25, 0.3) is 16.6 Å². The molecule has 2 amide bonds. The summed E-state index contributed by atoms with van der Waals surface area (Å²) in [7, 11) is 1.58. The second kappa shape index (κ2) is 9.35. The number of anilines is 1. The molecular weight excluding hydrogens is 420 g/mol. The lowest BCUT2D eigenvalue weighted by atomic mass is 10.2. The third-order valence-corrected chi connectivity index (χ3v) is 5.10. The third kappa shape index (κ3) is 4.74. The van der Waals surface area contributed by atoms with Gasteiger partial charge in [-0.3, -0.25) is 19.0 Å². The number of benzene rings is 3. The fourth-order valence-electron chi connectivity index (χ4n) is 3.47. The Labute approximate surface area is 189 Å². The molecule has 0 aliphatic carbocycles. The molecule has 1 aromatic heterocycles. The normalized spacial score (nSPS) is 10.6. The SMILES string of the molecule is COc1ccc(-n2c(C)nc3ccc(NC(=O)CNC(=O)c4ccccc4)cc3c2=O)cc1. The third-order valence-electron chi connectivity index (χ3n) is 5.10. The molecule has 0 aliphatic heterocycles. The van der Waals surface area contributed by atoms with Gasteiger partial charge in [0.15, 0.2) is 0 Å². The van der Waals surface area contributed by atoms with E-state index < -0.39 is 5.91 Å². The van der Waals surface area contributed by atoms with Crippen molar-refractivity contribution in [3.05, 3.63) is 94.5 Å². The van der Waals surface area contributed by atoms with Crippen LogP contribution in [0.2, 0.25) is 0 Å². The van der Waals surface area contributed by atoms with Crippen LogP contribution in [0.5, 0.6) is 5.75 Å². The van der Waals surface area contributed by atoms with E-state index in [-0.39, 0.29) is 18.0 Å². The van der Waals surface area contributed by atoms with E-state index >= 15 is 0 Å². The average molecular weight is 442 g/mol. The first-order valence-corrected chi connectivity index (χ1v) is 10.3. The predicted molar refractivity (Wildman–Crippen MR) is 126 cm³/mol. The number of ether oxygens (including phenoxy) is 1. The van der Waals surface area contributed by atoms with Gasteiger partial charge in [0.25, 0.3) is 11.5 Å². The Balaban J connectivity index is 1.55. The molecule has 0 spiro atoms. The summed E-state index contributed by atoms with van der Waals surface area (Å²) in [5.41, 5.74) is 1.83. The molecule has 0 bridgehead atoms. The smallest absolute Gasteiger partial charge is 0.266 e. The average Bonchev–Trinajstić information content (AvgIpc) is 2.84. The standard InChI is InChI=1S/C25H22N4O4/c1-16-27-22-13-8-18(28-23(30)15-26-24(31)17-6-4-3-5-7-17)14-21(22)25(32)29(16)19-9-11-20(33-2)12-10-19/h3-14H,15H2,1-2H3,(H,26,31)(H,28,30). The quantitative estimate of drug-likeness (QED) is 0.478. The van der Waals surface area contributed by atoms with Gasteiger partial charge in [-0.15, -0.1) is 0 Å². The van der Waals surface area contributed by atoms with Gasteiger partial charge in [-0.05, 0) is 61.5 Å². The second-order valence-electron chi connectivity index (χ2n) is 7.33. The molecule has 0 unspecified atom stereocenters. The summed E-state index contributed by atoms with van der Waals surface area (Å²) in [6.45, 7) is 1.56. The van der Waals surface area contributed by atoms with Crippen molar-refractivity contribution in [2.45, 2.75) is 6.92 Å². The summed E-state index contributed by atoms with van der Waals surface area (Å²) in [5, 5.41) is 5.65. The molecule has 8 nitrogen and oxygen atoms in total. The van der Waals surface area contributed by atoms with Crippen LogP contribution in [0.15, 0.2) is 77.6 Å². The molecule has 0 saturated heterocycles. The number of nitrogens with zero attached hydrogens (tertiary/aromatic N) is 2. The first-order valence-electron chi connectivity index (χ1n) is 10.3. The highest BCUT2D eigenvalue weighted by molar-refractivity contribution is 6.00. The largest absolute Gasteiger partial charge is 0.497 e. The Morgan fingerprint density at radius 2 is 1.73 bits per heavy atom. The molecule has 8 heteroatoms. The minimum Gasteiger partial charge on any atom is -0.497 e. The maximum Gasteiger partial charge on any atom is 0.266 e. The molecule has 33 heavy (non-hydrogen) atoms. The molecule has 3 aromatic carbocycles. The zero-order valence-corrected chi connectivity index (χ0v) is 18.2. The molecule has 1 heterocycles. The number of nitrogens with one attached hydrogen (secondary N) is 2. The molecule has 2 N–H and O–H groups in total. The topological polar surface area (TPSA) is 102 Å². The van der Waals surface area contributed by atoms with Crippen LogP contribution in [0.1, 0.15) is 16.2 Å². The Morgan fingerprint density at radius 1 is 1.00 bits per heavy atom. The van der Waals surface area contributed by atoms with Crippen LogP contribution in [-0.4, -0.2) is 35.0 Å². The summed E-state index contributed by atoms with van der Waals surface area (Å²) in [5.74, 6) is 0.473. The number of amides is 2. The van der Waals surface area contributed by atoms with E-state index in [4.69, 9.17) is 4.74 Å². The van der Waals surface area contributed by atoms with Gasteiger partial charge in [-0.2, -0.15) is 0 Å². The summed E-state index contributed by atoms with van der Waals surface area (Å²) in [6, 6.07) is 20.7. The zero-order chi connectivity index (χ0) is 23.4. The number of fused-ring (bicyclic) bond motifs is 1. The fraction of sp³-hybridized carbons (Fsp3) is 0.120. The van der Waals surface area contributed by atoms with E-state index in [0.29, 0.717) is 39.4 Å². The second-order valence-corrected chi connectivity index (χ2v) is 7.33. The maximum absolute atomic E-state index is 13.2. The summed E-state index contributed by atoms with van der Waals surface area (Å²) < 4.78 is 6.69. The molecular formula is C25H22N4O4. The van der Waals surface area contributed by atoms with Gasteiger partial charge in [0.05, 0.1) is 30.2 Å². The van der Waals surface area contributed by atoms with Crippen LogP contribution in [0.3, 0.4) is 0 Å². The fourth-order valence-corrected chi connectivity index (χ4v) is 3.47. The summed E-state index contributed by atoms with van der Waals surface area (Å²) in [6.07, 6.45) is 0. The molecule has 0 saturated carbocycles. The van der Waals surface area contributed by atoms with Crippen LogP contribution in [0, 0.1) is 6.92 Å². The number of aryl methyl sites for hydroxylation is 1. The first kappa shape index (κ1) is 21.8. The van der Waals surface area contributed by atoms with Gasteiger partial charge < -0.3 is 15.4 Å². The zero-order valence-electron chi connectivity index (χ0n) is 18.2. The van der Waals surface area contributed by atoms with Gasteiger partial charge in [-0.1, -0.05) is 18.2 Å². The van der Waals surface area contributed by atoms with Crippen molar-refractivity contribution in [3.8, 4) is 11.4 Å². The predicted octanol–water partition coefficient (Wildman–Crippen LogP) is 3.07. The maximum atomic E-state index is 13.2. The van der Waals surface area contributed by atoms with E-state index in [1.165, 1.54) is 4.57 Å². The van der Waals surface area contributed by atoms with Crippen molar-refractivity contribution in [3.63, 3.8) is 0 Å². The molecule has 0 radical (unpaired) electrons. The van der Waals surface area contributed by atoms with Gasteiger partial charge in [0.2, 0.25) is 5.91 Å². The summed E-state index contributed by atoms with van der Waals surface area (Å²) >= 11 is 0.